The lowest BCUT2D eigenvalue weighted by atomic mass is 9.88. The molecule has 1 aliphatic carbocycles. The maximum atomic E-state index is 12.5. The molecule has 1 aromatic heterocycles. The first-order chi connectivity index (χ1) is 14.5. The van der Waals surface area contributed by atoms with Crippen LogP contribution in [0.25, 0.3) is 5.69 Å². The summed E-state index contributed by atoms with van der Waals surface area (Å²) in [6.45, 7) is 3.84. The first-order valence-corrected chi connectivity index (χ1v) is 10.2. The van der Waals surface area contributed by atoms with Gasteiger partial charge in [-0.2, -0.15) is 4.68 Å². The first-order valence-electron chi connectivity index (χ1n) is 10.2. The van der Waals surface area contributed by atoms with E-state index in [2.05, 4.69) is 22.5 Å². The summed E-state index contributed by atoms with van der Waals surface area (Å²) < 4.78 is 6.87. The number of rotatable bonds is 5. The zero-order valence-electron chi connectivity index (χ0n) is 17.2. The number of hydrogen-bond donors (Lipinski definition) is 1. The molecule has 0 bridgehead atoms. The van der Waals surface area contributed by atoms with E-state index in [1.54, 1.807) is 0 Å². The molecule has 30 heavy (non-hydrogen) atoms. The Balaban J connectivity index is 1.44. The number of ether oxygens (including phenoxy) is 1. The highest BCUT2D eigenvalue weighted by Gasteiger charge is 2.21. The Morgan fingerprint density at radius 2 is 1.97 bits per heavy atom. The summed E-state index contributed by atoms with van der Waals surface area (Å²) in [7, 11) is 0. The molecule has 154 valence electrons. The number of amides is 1. The minimum atomic E-state index is -0.256. The largest absolute Gasteiger partial charge is 0.467 e. The second-order valence-electron chi connectivity index (χ2n) is 7.69. The molecule has 1 heterocycles. The lowest BCUT2D eigenvalue weighted by Gasteiger charge is -2.26. The van der Waals surface area contributed by atoms with Crippen molar-refractivity contribution in [3.8, 4) is 11.6 Å². The normalized spacial score (nSPS) is 15.3. The molecule has 0 saturated heterocycles. The molecule has 0 aliphatic heterocycles. The van der Waals surface area contributed by atoms with E-state index >= 15 is 0 Å². The van der Waals surface area contributed by atoms with Gasteiger partial charge in [-0.15, -0.1) is 5.10 Å². The summed E-state index contributed by atoms with van der Waals surface area (Å²) in [6, 6.07) is 16.8. The molecule has 1 amide bonds. The van der Waals surface area contributed by atoms with Gasteiger partial charge in [-0.05, 0) is 67.5 Å². The molecule has 2 aromatic carbocycles. The van der Waals surface area contributed by atoms with E-state index in [9.17, 15) is 9.59 Å². The van der Waals surface area contributed by atoms with Crippen LogP contribution in [0.1, 0.15) is 41.1 Å². The van der Waals surface area contributed by atoms with Crippen molar-refractivity contribution < 1.29 is 9.53 Å². The fourth-order valence-corrected chi connectivity index (χ4v) is 3.79. The van der Waals surface area contributed by atoms with Crippen molar-refractivity contribution in [3.63, 3.8) is 0 Å². The molecule has 6 nitrogen and oxygen atoms in total. The first kappa shape index (κ1) is 19.9. The van der Waals surface area contributed by atoms with Gasteiger partial charge in [0.1, 0.15) is 0 Å². The third-order valence-corrected chi connectivity index (χ3v) is 5.57. The van der Waals surface area contributed by atoms with Crippen LogP contribution in [-0.4, -0.2) is 22.3 Å². The van der Waals surface area contributed by atoms with Crippen molar-refractivity contribution >= 4 is 5.91 Å². The van der Waals surface area contributed by atoms with E-state index in [0.29, 0.717) is 5.69 Å². The van der Waals surface area contributed by atoms with Crippen molar-refractivity contribution in [2.45, 2.75) is 39.2 Å². The number of aromatic nitrogens is 2. The predicted octanol–water partition coefficient (Wildman–Crippen LogP) is 3.42. The molecule has 0 spiro atoms. The Hall–Kier alpha value is -3.41. The highest BCUT2D eigenvalue weighted by atomic mass is 16.5. The number of hydrogen-bond acceptors (Lipinski definition) is 4. The fourth-order valence-electron chi connectivity index (χ4n) is 3.79. The SMILES string of the molecule is Cc1ccc(-n2nc(OCC(=O)N[C@@H]3CCCc4ccccc43)ccc2=O)cc1C. The van der Waals surface area contributed by atoms with Crippen LogP contribution in [0.15, 0.2) is 59.4 Å². The van der Waals surface area contributed by atoms with E-state index in [4.69, 9.17) is 4.74 Å². The quantitative estimate of drug-likeness (QED) is 0.708. The van der Waals surface area contributed by atoms with Crippen LogP contribution in [0.5, 0.6) is 5.88 Å². The molecule has 0 fully saturated rings. The summed E-state index contributed by atoms with van der Waals surface area (Å²) in [5.41, 5.74) is 5.08. The van der Waals surface area contributed by atoms with Crippen molar-refractivity contribution in [1.29, 1.82) is 0 Å². The van der Waals surface area contributed by atoms with Crippen molar-refractivity contribution in [2.75, 3.05) is 6.61 Å². The van der Waals surface area contributed by atoms with Crippen LogP contribution in [0.3, 0.4) is 0 Å². The third kappa shape index (κ3) is 4.27. The smallest absolute Gasteiger partial charge is 0.271 e. The minimum absolute atomic E-state index is 0.00324. The summed E-state index contributed by atoms with van der Waals surface area (Å²) in [5.74, 6) is 0.0226. The van der Waals surface area contributed by atoms with E-state index < -0.39 is 0 Å². The highest BCUT2D eigenvalue weighted by molar-refractivity contribution is 5.78. The van der Waals surface area contributed by atoms with Gasteiger partial charge in [0.2, 0.25) is 5.88 Å². The van der Waals surface area contributed by atoms with Gasteiger partial charge in [0, 0.05) is 12.1 Å². The Morgan fingerprint density at radius 1 is 1.13 bits per heavy atom. The Labute approximate surface area is 175 Å². The topological polar surface area (TPSA) is 73.2 Å². The van der Waals surface area contributed by atoms with Gasteiger partial charge in [-0.3, -0.25) is 9.59 Å². The van der Waals surface area contributed by atoms with Crippen LogP contribution < -0.4 is 15.6 Å². The van der Waals surface area contributed by atoms with Crippen LogP contribution in [0.4, 0.5) is 0 Å². The van der Waals surface area contributed by atoms with Crippen molar-refractivity contribution in [1.82, 2.24) is 15.1 Å². The molecule has 6 heteroatoms. The van der Waals surface area contributed by atoms with Gasteiger partial charge >= 0.3 is 0 Å². The van der Waals surface area contributed by atoms with Crippen LogP contribution >= 0.6 is 0 Å². The predicted molar refractivity (Wildman–Crippen MR) is 115 cm³/mol. The van der Waals surface area contributed by atoms with Crippen LogP contribution in [0.2, 0.25) is 0 Å². The van der Waals surface area contributed by atoms with Crippen LogP contribution in [-0.2, 0) is 11.2 Å². The summed E-state index contributed by atoms with van der Waals surface area (Å²) in [4.78, 5) is 24.7. The molecule has 3 aromatic rings. The number of benzene rings is 2. The van der Waals surface area contributed by atoms with Gasteiger partial charge < -0.3 is 10.1 Å². The Bertz CT molecular complexity index is 1140. The molecule has 1 aliphatic rings. The van der Waals surface area contributed by atoms with Gasteiger partial charge in [0.05, 0.1) is 11.7 Å². The van der Waals surface area contributed by atoms with Gasteiger partial charge in [-0.25, -0.2) is 0 Å². The zero-order chi connectivity index (χ0) is 21.1. The Kier molecular flexibility index (Phi) is 5.65. The lowest BCUT2D eigenvalue weighted by molar-refractivity contribution is -0.124. The molecule has 0 radical (unpaired) electrons. The molecule has 1 N–H and O–H groups in total. The number of nitrogens with zero attached hydrogens (tertiary/aromatic N) is 2. The standard InChI is InChI=1S/C24H25N3O3/c1-16-10-11-19(14-17(16)2)27-24(29)13-12-23(26-27)30-15-22(28)25-21-9-5-7-18-6-3-4-8-20(18)21/h3-4,6,8,10-14,21H,5,7,9,15H2,1-2H3,(H,25,28)/t21-/m1/s1. The second kappa shape index (κ2) is 8.53. The van der Waals surface area contributed by atoms with Gasteiger partial charge in [-0.1, -0.05) is 30.3 Å². The minimum Gasteiger partial charge on any atom is -0.467 e. The van der Waals surface area contributed by atoms with Crippen molar-refractivity contribution in [2.24, 2.45) is 0 Å². The number of carbonyl (C=O) groups excluding carboxylic acids is 1. The molecule has 0 saturated carbocycles. The molecular formula is C24H25N3O3. The Morgan fingerprint density at radius 3 is 2.80 bits per heavy atom. The number of aryl methyl sites for hydroxylation is 3. The van der Waals surface area contributed by atoms with Crippen LogP contribution in [0, 0.1) is 13.8 Å². The molecule has 4 rings (SSSR count). The van der Waals surface area contributed by atoms with E-state index in [1.165, 1.54) is 27.9 Å². The van der Waals surface area contributed by atoms with E-state index in [1.807, 2.05) is 44.2 Å². The van der Waals surface area contributed by atoms with Gasteiger partial charge in [0.25, 0.3) is 11.5 Å². The lowest BCUT2D eigenvalue weighted by Crippen LogP contribution is -2.34. The average Bonchev–Trinajstić information content (AvgIpc) is 2.75. The maximum absolute atomic E-state index is 12.5. The third-order valence-electron chi connectivity index (χ3n) is 5.57. The van der Waals surface area contributed by atoms with E-state index in [-0.39, 0.29) is 30.0 Å². The summed E-state index contributed by atoms with van der Waals surface area (Å²) in [5, 5.41) is 7.33. The molecular weight excluding hydrogens is 378 g/mol. The van der Waals surface area contributed by atoms with E-state index in [0.717, 1.165) is 30.4 Å². The van der Waals surface area contributed by atoms with Gasteiger partial charge in [0.15, 0.2) is 6.61 Å². The molecule has 1 atom stereocenters. The number of carbonyl (C=O) groups is 1. The number of fused-ring (bicyclic) bond motifs is 1. The number of nitrogens with one attached hydrogen (secondary N) is 1. The maximum Gasteiger partial charge on any atom is 0.271 e. The summed E-state index contributed by atoms with van der Waals surface area (Å²) in [6.07, 6.45) is 3.01. The zero-order valence-corrected chi connectivity index (χ0v) is 17.2. The van der Waals surface area contributed by atoms with Crippen molar-refractivity contribution in [3.05, 3.63) is 87.2 Å². The monoisotopic (exact) mass is 403 g/mol. The molecule has 0 unspecified atom stereocenters. The summed E-state index contributed by atoms with van der Waals surface area (Å²) >= 11 is 0. The fraction of sp³-hybridized carbons (Fsp3) is 0.292. The average molecular weight is 403 g/mol. The highest BCUT2D eigenvalue weighted by Crippen LogP contribution is 2.29. The second-order valence-corrected chi connectivity index (χ2v) is 7.69.